The number of carbonyl (C=O) groups excluding carboxylic acids is 1. The molecule has 5 rings (SSSR count). The summed E-state index contributed by atoms with van der Waals surface area (Å²) in [5.41, 5.74) is 7.57. The molecule has 0 bridgehead atoms. The summed E-state index contributed by atoms with van der Waals surface area (Å²) >= 11 is 0. The van der Waals surface area contributed by atoms with Crippen molar-refractivity contribution in [1.82, 2.24) is 9.47 Å². The van der Waals surface area contributed by atoms with Crippen molar-refractivity contribution in [3.63, 3.8) is 0 Å². The minimum atomic E-state index is -0.0525. The third-order valence-electron chi connectivity index (χ3n) is 6.08. The molecule has 0 saturated carbocycles. The Morgan fingerprint density at radius 2 is 1.88 bits per heavy atom. The number of rotatable bonds is 1. The fourth-order valence-electron chi connectivity index (χ4n) is 4.87. The fraction of sp³-hybridized carbons (Fsp3) is 0.348. The highest BCUT2D eigenvalue weighted by atomic mass is 16.2. The number of hydrogen-bond donors (Lipinski definition) is 0. The zero-order chi connectivity index (χ0) is 17.8. The highest BCUT2D eigenvalue weighted by Gasteiger charge is 2.33. The average molecular weight is 344 g/mol. The summed E-state index contributed by atoms with van der Waals surface area (Å²) in [6.07, 6.45) is 2.80. The van der Waals surface area contributed by atoms with Gasteiger partial charge in [-0.25, -0.2) is 0 Å². The van der Waals surface area contributed by atoms with Crippen LogP contribution in [0.4, 0.5) is 0 Å². The molecule has 0 spiro atoms. The summed E-state index contributed by atoms with van der Waals surface area (Å²) in [7, 11) is 2.17. The smallest absolute Gasteiger partial charge is 0.238 e. The Labute approximate surface area is 154 Å². The van der Waals surface area contributed by atoms with E-state index in [1.807, 2.05) is 18.2 Å². The van der Waals surface area contributed by atoms with E-state index >= 15 is 0 Å². The summed E-state index contributed by atoms with van der Waals surface area (Å²) in [5.74, 6) is 0.206. The Balaban J connectivity index is 1.77. The van der Waals surface area contributed by atoms with Crippen molar-refractivity contribution in [3.8, 4) is 0 Å². The zero-order valence-corrected chi connectivity index (χ0v) is 15.5. The van der Waals surface area contributed by atoms with E-state index in [1.165, 1.54) is 33.3 Å². The molecule has 0 saturated heterocycles. The van der Waals surface area contributed by atoms with Crippen molar-refractivity contribution in [1.29, 1.82) is 0 Å². The van der Waals surface area contributed by atoms with Gasteiger partial charge < -0.3 is 4.90 Å². The second-order valence-corrected chi connectivity index (χ2v) is 7.91. The number of aromatic nitrogens is 1. The number of hydrogen-bond acceptors (Lipinski definition) is 2. The second-order valence-electron chi connectivity index (χ2n) is 7.91. The lowest BCUT2D eigenvalue weighted by atomic mass is 9.91. The molecule has 2 aromatic carbocycles. The van der Waals surface area contributed by atoms with Crippen LogP contribution in [0.5, 0.6) is 0 Å². The third kappa shape index (κ3) is 2.27. The standard InChI is InChI=1S/C23H24N2O/c1-15-12-17-8-9-18(16-6-4-3-5-7-16)23(26)25-21-10-11-24(2)14-20(21)19(13-15)22(17)25/h3-7,12-13,18H,8-11,14H2,1-2H3. The van der Waals surface area contributed by atoms with Gasteiger partial charge in [0.1, 0.15) is 0 Å². The Morgan fingerprint density at radius 3 is 2.69 bits per heavy atom. The van der Waals surface area contributed by atoms with Crippen LogP contribution in [0, 0.1) is 6.92 Å². The molecule has 0 N–H and O–H groups in total. The summed E-state index contributed by atoms with van der Waals surface area (Å²) < 4.78 is 2.09. The van der Waals surface area contributed by atoms with E-state index in [9.17, 15) is 4.79 Å². The van der Waals surface area contributed by atoms with E-state index in [-0.39, 0.29) is 11.8 Å². The molecule has 0 radical (unpaired) electrons. The third-order valence-corrected chi connectivity index (χ3v) is 6.08. The molecule has 1 unspecified atom stereocenters. The maximum atomic E-state index is 13.7. The fourth-order valence-corrected chi connectivity index (χ4v) is 4.87. The lowest BCUT2D eigenvalue weighted by Crippen LogP contribution is -2.29. The Morgan fingerprint density at radius 1 is 1.08 bits per heavy atom. The predicted molar refractivity (Wildman–Crippen MR) is 105 cm³/mol. The first kappa shape index (κ1) is 15.8. The minimum Gasteiger partial charge on any atom is -0.302 e. The van der Waals surface area contributed by atoms with Gasteiger partial charge in [0.2, 0.25) is 5.91 Å². The van der Waals surface area contributed by atoms with Gasteiger partial charge in [-0.15, -0.1) is 0 Å². The first-order valence-corrected chi connectivity index (χ1v) is 9.57. The largest absolute Gasteiger partial charge is 0.302 e. The topological polar surface area (TPSA) is 25.2 Å². The molecular weight excluding hydrogens is 320 g/mol. The van der Waals surface area contributed by atoms with Crippen molar-refractivity contribution in [2.24, 2.45) is 0 Å². The van der Waals surface area contributed by atoms with Crippen molar-refractivity contribution >= 4 is 16.8 Å². The summed E-state index contributed by atoms with van der Waals surface area (Å²) in [5, 5.41) is 1.30. The summed E-state index contributed by atoms with van der Waals surface area (Å²) in [6, 6.07) is 14.9. The Hall–Kier alpha value is -2.39. The van der Waals surface area contributed by atoms with E-state index < -0.39 is 0 Å². The van der Waals surface area contributed by atoms with Crippen LogP contribution >= 0.6 is 0 Å². The van der Waals surface area contributed by atoms with E-state index in [0.29, 0.717) is 0 Å². The lowest BCUT2D eigenvalue weighted by molar-refractivity contribution is 0.0876. The predicted octanol–water partition coefficient (Wildman–Crippen LogP) is 4.31. The molecule has 3 heterocycles. The molecule has 26 heavy (non-hydrogen) atoms. The molecule has 2 aliphatic rings. The van der Waals surface area contributed by atoms with E-state index in [1.54, 1.807) is 0 Å². The first-order valence-electron chi connectivity index (χ1n) is 9.57. The number of aryl methyl sites for hydroxylation is 2. The molecule has 3 heteroatoms. The van der Waals surface area contributed by atoms with Crippen LogP contribution < -0.4 is 0 Å². The van der Waals surface area contributed by atoms with Crippen LogP contribution in [0.3, 0.4) is 0 Å². The van der Waals surface area contributed by atoms with Crippen LogP contribution in [0.1, 0.15) is 45.1 Å². The van der Waals surface area contributed by atoms with Crippen molar-refractivity contribution in [3.05, 3.63) is 70.4 Å². The SMILES string of the molecule is Cc1cc2c3c(c1)c1c(n3C(=O)C(c3ccccc3)CC2)CCN(C)C1. The monoisotopic (exact) mass is 344 g/mol. The Bertz CT molecular complexity index is 1020. The van der Waals surface area contributed by atoms with E-state index in [4.69, 9.17) is 0 Å². The summed E-state index contributed by atoms with van der Waals surface area (Å²) in [6.45, 7) is 4.12. The number of carbonyl (C=O) groups is 1. The molecule has 1 atom stereocenters. The van der Waals surface area contributed by atoms with E-state index in [2.05, 4.69) is 47.7 Å². The van der Waals surface area contributed by atoms with Gasteiger partial charge in [0.25, 0.3) is 0 Å². The molecule has 3 nitrogen and oxygen atoms in total. The van der Waals surface area contributed by atoms with Crippen LogP contribution in [0.2, 0.25) is 0 Å². The van der Waals surface area contributed by atoms with Crippen molar-refractivity contribution in [2.45, 2.75) is 38.6 Å². The maximum Gasteiger partial charge on any atom is 0.238 e. The molecule has 0 amide bonds. The lowest BCUT2D eigenvalue weighted by Gasteiger charge is -2.25. The van der Waals surface area contributed by atoms with Crippen LogP contribution in [0.25, 0.3) is 10.9 Å². The molecule has 2 aliphatic heterocycles. The summed E-state index contributed by atoms with van der Waals surface area (Å²) in [4.78, 5) is 16.0. The zero-order valence-electron chi connectivity index (χ0n) is 15.5. The van der Waals surface area contributed by atoms with E-state index in [0.717, 1.165) is 37.9 Å². The van der Waals surface area contributed by atoms with Gasteiger partial charge in [-0.3, -0.25) is 9.36 Å². The second kappa shape index (κ2) is 5.82. The normalized spacial score (nSPS) is 20.2. The maximum absolute atomic E-state index is 13.7. The van der Waals surface area contributed by atoms with Gasteiger partial charge in [-0.05, 0) is 49.6 Å². The highest BCUT2D eigenvalue weighted by Crippen LogP contribution is 2.39. The van der Waals surface area contributed by atoms with Gasteiger partial charge in [0.15, 0.2) is 0 Å². The number of benzene rings is 2. The van der Waals surface area contributed by atoms with Gasteiger partial charge in [-0.2, -0.15) is 0 Å². The molecule has 132 valence electrons. The molecule has 0 fully saturated rings. The minimum absolute atomic E-state index is 0.0525. The molecule has 0 aliphatic carbocycles. The molecule has 3 aromatic rings. The van der Waals surface area contributed by atoms with Crippen LogP contribution in [0.15, 0.2) is 42.5 Å². The van der Waals surface area contributed by atoms with Gasteiger partial charge in [0, 0.05) is 30.6 Å². The number of likely N-dealkylation sites (N-methyl/N-ethyl adjacent to an activating group) is 1. The number of fused-ring (bicyclic) bond motifs is 3. The van der Waals surface area contributed by atoms with Gasteiger partial charge in [0.05, 0.1) is 11.4 Å². The van der Waals surface area contributed by atoms with Crippen LogP contribution in [-0.2, 0) is 19.4 Å². The van der Waals surface area contributed by atoms with Gasteiger partial charge in [-0.1, -0.05) is 42.0 Å². The highest BCUT2D eigenvalue weighted by molar-refractivity contribution is 6.01. The van der Waals surface area contributed by atoms with Crippen molar-refractivity contribution < 1.29 is 4.79 Å². The van der Waals surface area contributed by atoms with Crippen LogP contribution in [-0.4, -0.2) is 29.0 Å². The molecular formula is C23H24N2O. The number of nitrogens with zero attached hydrogens (tertiary/aromatic N) is 2. The van der Waals surface area contributed by atoms with Gasteiger partial charge >= 0.3 is 0 Å². The average Bonchev–Trinajstić information content (AvgIpc) is 2.87. The Kier molecular flexibility index (Phi) is 3.54. The molecule has 1 aromatic heterocycles. The van der Waals surface area contributed by atoms with Crippen molar-refractivity contribution in [2.75, 3.05) is 13.6 Å². The quantitative estimate of drug-likeness (QED) is 0.657. The first-order chi connectivity index (χ1) is 12.6.